The fourth-order valence-electron chi connectivity index (χ4n) is 3.11. The van der Waals surface area contributed by atoms with Crippen LogP contribution >= 0.6 is 0 Å². The summed E-state index contributed by atoms with van der Waals surface area (Å²) in [5.41, 5.74) is 6.87. The third-order valence-corrected chi connectivity index (χ3v) is 4.47. The molecule has 0 radical (unpaired) electrons. The van der Waals surface area contributed by atoms with Crippen LogP contribution in [0, 0.1) is 5.92 Å². The number of anilines is 1. The van der Waals surface area contributed by atoms with Crippen molar-refractivity contribution in [1.82, 2.24) is 5.32 Å². The maximum absolute atomic E-state index is 12.5. The van der Waals surface area contributed by atoms with Crippen LogP contribution in [0.25, 0.3) is 0 Å². The molecule has 0 aromatic heterocycles. The third kappa shape index (κ3) is 2.91. The lowest BCUT2D eigenvalue weighted by Crippen LogP contribution is -2.39. The van der Waals surface area contributed by atoms with Crippen LogP contribution in [0.2, 0.25) is 0 Å². The first-order valence-corrected chi connectivity index (χ1v) is 7.65. The van der Waals surface area contributed by atoms with Gasteiger partial charge in [0.25, 0.3) is 5.91 Å². The number of benzene rings is 1. The van der Waals surface area contributed by atoms with Gasteiger partial charge in [-0.2, -0.15) is 0 Å². The van der Waals surface area contributed by atoms with Gasteiger partial charge in [-0.1, -0.05) is 26.2 Å². The first-order valence-electron chi connectivity index (χ1n) is 7.65. The van der Waals surface area contributed by atoms with Crippen LogP contribution < -0.4 is 20.5 Å². The number of nitrogens with two attached hydrogens (primary N) is 1. The Morgan fingerprint density at radius 3 is 2.71 bits per heavy atom. The molecule has 1 amide bonds. The Kier molecular flexibility index (Phi) is 3.90. The van der Waals surface area contributed by atoms with Crippen LogP contribution in [-0.2, 0) is 0 Å². The molecule has 3 rings (SSSR count). The van der Waals surface area contributed by atoms with Gasteiger partial charge in [-0.05, 0) is 24.8 Å². The van der Waals surface area contributed by atoms with Gasteiger partial charge in [0.05, 0.1) is 5.56 Å². The number of ether oxygens (including phenoxy) is 2. The summed E-state index contributed by atoms with van der Waals surface area (Å²) in [6.45, 7) is 2.39. The van der Waals surface area contributed by atoms with Crippen LogP contribution in [0.5, 0.6) is 11.5 Å². The van der Waals surface area contributed by atoms with Crippen LogP contribution in [0.1, 0.15) is 49.4 Å². The Hall–Kier alpha value is -1.91. The predicted octanol–water partition coefficient (Wildman–Crippen LogP) is 2.70. The minimum absolute atomic E-state index is 0.121. The van der Waals surface area contributed by atoms with Crippen molar-refractivity contribution in [2.75, 3.05) is 12.5 Å². The molecule has 1 aromatic carbocycles. The first kappa shape index (κ1) is 14.0. The predicted molar refractivity (Wildman–Crippen MR) is 80.5 cm³/mol. The number of carbonyl (C=O) groups excluding carboxylic acids is 1. The summed E-state index contributed by atoms with van der Waals surface area (Å²) >= 11 is 0. The molecule has 1 heterocycles. The van der Waals surface area contributed by atoms with E-state index in [0.29, 0.717) is 28.7 Å². The molecule has 2 unspecified atom stereocenters. The molecule has 1 fully saturated rings. The fraction of sp³-hybridized carbons (Fsp3) is 0.562. The van der Waals surface area contributed by atoms with Gasteiger partial charge >= 0.3 is 0 Å². The lowest BCUT2D eigenvalue weighted by Gasteiger charge is -2.23. The monoisotopic (exact) mass is 290 g/mol. The molecule has 1 saturated carbocycles. The highest BCUT2D eigenvalue weighted by Crippen LogP contribution is 2.36. The molecular formula is C16H22N2O3. The van der Waals surface area contributed by atoms with Gasteiger partial charge in [-0.3, -0.25) is 4.79 Å². The quantitative estimate of drug-likeness (QED) is 0.649. The number of nitrogen functional groups attached to an aromatic ring is 1. The van der Waals surface area contributed by atoms with Crippen molar-refractivity contribution in [1.29, 1.82) is 0 Å². The highest BCUT2D eigenvalue weighted by Gasteiger charge is 2.24. The summed E-state index contributed by atoms with van der Waals surface area (Å²) in [6.07, 6.45) is 5.88. The van der Waals surface area contributed by atoms with E-state index < -0.39 is 0 Å². The fourth-order valence-corrected chi connectivity index (χ4v) is 3.11. The second-order valence-electron chi connectivity index (χ2n) is 5.99. The molecule has 1 aromatic rings. The number of rotatable bonds is 2. The minimum Gasteiger partial charge on any atom is -0.454 e. The van der Waals surface area contributed by atoms with Crippen molar-refractivity contribution in [2.24, 2.45) is 5.92 Å². The lowest BCUT2D eigenvalue weighted by atomic mass is 9.96. The molecule has 5 heteroatoms. The van der Waals surface area contributed by atoms with Crippen molar-refractivity contribution in [3.8, 4) is 11.5 Å². The molecule has 2 atom stereocenters. The van der Waals surface area contributed by atoms with Gasteiger partial charge in [0, 0.05) is 17.8 Å². The molecule has 1 aliphatic carbocycles. The molecule has 2 aliphatic rings. The second kappa shape index (κ2) is 5.84. The first-order chi connectivity index (χ1) is 10.1. The number of nitrogens with one attached hydrogen (secondary N) is 1. The highest BCUT2D eigenvalue weighted by molar-refractivity contribution is 6.00. The van der Waals surface area contributed by atoms with Crippen molar-refractivity contribution in [2.45, 2.75) is 45.1 Å². The third-order valence-electron chi connectivity index (χ3n) is 4.47. The zero-order valence-electron chi connectivity index (χ0n) is 12.4. The molecule has 0 saturated heterocycles. The Bertz CT molecular complexity index is 545. The second-order valence-corrected chi connectivity index (χ2v) is 5.99. The number of carbonyl (C=O) groups is 1. The van der Waals surface area contributed by atoms with E-state index in [1.165, 1.54) is 25.7 Å². The summed E-state index contributed by atoms with van der Waals surface area (Å²) in [6, 6.07) is 3.56. The van der Waals surface area contributed by atoms with E-state index >= 15 is 0 Å². The Balaban J connectivity index is 1.76. The molecule has 3 N–H and O–H groups in total. The molecule has 5 nitrogen and oxygen atoms in total. The van der Waals surface area contributed by atoms with E-state index in [1.54, 1.807) is 12.1 Å². The summed E-state index contributed by atoms with van der Waals surface area (Å²) < 4.78 is 10.6. The van der Waals surface area contributed by atoms with Crippen LogP contribution in [0.4, 0.5) is 5.69 Å². The Morgan fingerprint density at radius 1 is 1.19 bits per heavy atom. The topological polar surface area (TPSA) is 73.6 Å². The normalized spacial score (nSPS) is 24.4. The minimum atomic E-state index is -0.121. The van der Waals surface area contributed by atoms with E-state index in [0.717, 1.165) is 6.42 Å². The van der Waals surface area contributed by atoms with Crippen molar-refractivity contribution in [3.63, 3.8) is 0 Å². The van der Waals surface area contributed by atoms with E-state index in [4.69, 9.17) is 15.2 Å². The molecule has 0 spiro atoms. The average molecular weight is 290 g/mol. The number of amides is 1. The van der Waals surface area contributed by atoms with Gasteiger partial charge in [-0.15, -0.1) is 0 Å². The largest absolute Gasteiger partial charge is 0.454 e. The summed E-state index contributed by atoms with van der Waals surface area (Å²) in [5.74, 6) is 1.58. The summed E-state index contributed by atoms with van der Waals surface area (Å²) in [7, 11) is 0. The zero-order chi connectivity index (χ0) is 14.8. The standard InChI is InChI=1S/C16H22N2O3/c1-10-5-3-2-4-6-13(10)18-16(19)11-7-14-15(8-12(11)17)21-9-20-14/h7-8,10,13H,2-6,9,17H2,1H3,(H,18,19). The van der Waals surface area contributed by atoms with E-state index in [9.17, 15) is 4.79 Å². The molecule has 21 heavy (non-hydrogen) atoms. The van der Waals surface area contributed by atoms with Crippen molar-refractivity contribution < 1.29 is 14.3 Å². The van der Waals surface area contributed by atoms with Gasteiger partial charge in [0.2, 0.25) is 6.79 Å². The van der Waals surface area contributed by atoms with Crippen LogP contribution in [-0.4, -0.2) is 18.7 Å². The maximum atomic E-state index is 12.5. The Labute approximate surface area is 124 Å². The number of fused-ring (bicyclic) bond motifs is 1. The number of hydrogen-bond donors (Lipinski definition) is 2. The maximum Gasteiger partial charge on any atom is 0.253 e. The van der Waals surface area contributed by atoms with Crippen LogP contribution in [0.3, 0.4) is 0 Å². The van der Waals surface area contributed by atoms with Crippen molar-refractivity contribution >= 4 is 11.6 Å². The van der Waals surface area contributed by atoms with Crippen molar-refractivity contribution in [3.05, 3.63) is 17.7 Å². The smallest absolute Gasteiger partial charge is 0.253 e. The molecule has 0 bridgehead atoms. The number of hydrogen-bond acceptors (Lipinski definition) is 4. The van der Waals surface area contributed by atoms with Gasteiger partial charge < -0.3 is 20.5 Å². The van der Waals surface area contributed by atoms with Gasteiger partial charge in [-0.25, -0.2) is 0 Å². The van der Waals surface area contributed by atoms with E-state index in [2.05, 4.69) is 12.2 Å². The summed E-state index contributed by atoms with van der Waals surface area (Å²) in [4.78, 5) is 12.5. The Morgan fingerprint density at radius 2 is 1.90 bits per heavy atom. The van der Waals surface area contributed by atoms with Crippen LogP contribution in [0.15, 0.2) is 12.1 Å². The summed E-state index contributed by atoms with van der Waals surface area (Å²) in [5, 5.41) is 3.14. The molecular weight excluding hydrogens is 268 g/mol. The molecule has 114 valence electrons. The molecule has 1 aliphatic heterocycles. The van der Waals surface area contributed by atoms with Gasteiger partial charge in [0.15, 0.2) is 11.5 Å². The zero-order valence-corrected chi connectivity index (χ0v) is 12.4. The highest BCUT2D eigenvalue weighted by atomic mass is 16.7. The lowest BCUT2D eigenvalue weighted by molar-refractivity contribution is 0.0922. The SMILES string of the molecule is CC1CCCCCC1NC(=O)c1cc2c(cc1N)OCO2. The average Bonchev–Trinajstić information content (AvgIpc) is 2.82. The van der Waals surface area contributed by atoms with Gasteiger partial charge in [0.1, 0.15) is 0 Å². The van der Waals surface area contributed by atoms with E-state index in [-0.39, 0.29) is 18.7 Å². The van der Waals surface area contributed by atoms with E-state index in [1.807, 2.05) is 0 Å².